The topological polar surface area (TPSA) is 37.3 Å². The summed E-state index contributed by atoms with van der Waals surface area (Å²) in [6.07, 6.45) is 2.05. The van der Waals surface area contributed by atoms with Crippen molar-refractivity contribution in [3.63, 3.8) is 0 Å². The molecule has 0 aliphatic heterocycles. The second-order valence-corrected chi connectivity index (χ2v) is 5.51. The summed E-state index contributed by atoms with van der Waals surface area (Å²) < 4.78 is 0. The van der Waals surface area contributed by atoms with E-state index < -0.39 is 5.97 Å². The van der Waals surface area contributed by atoms with Crippen LogP contribution in [0.5, 0.6) is 0 Å². The lowest BCUT2D eigenvalue weighted by Gasteiger charge is -2.06. The minimum absolute atomic E-state index is 0.268. The predicted octanol–water partition coefficient (Wildman–Crippen LogP) is 3.36. The molecule has 0 saturated carbocycles. The van der Waals surface area contributed by atoms with Crippen molar-refractivity contribution < 1.29 is 9.90 Å². The third-order valence-electron chi connectivity index (χ3n) is 2.22. The van der Waals surface area contributed by atoms with E-state index in [4.69, 9.17) is 5.11 Å². The van der Waals surface area contributed by atoms with Crippen molar-refractivity contribution in [2.45, 2.75) is 17.6 Å². The summed E-state index contributed by atoms with van der Waals surface area (Å²) in [5.41, 5.74) is 1.25. The molecule has 0 saturated heterocycles. The third-order valence-corrected chi connectivity index (χ3v) is 4.23. The van der Waals surface area contributed by atoms with Gasteiger partial charge in [0.05, 0.1) is 5.92 Å². The number of thioether (sulfide) groups is 2. The Morgan fingerprint density at radius 3 is 2.50 bits per heavy atom. The first kappa shape index (κ1) is 13.5. The molecular weight excluding hydrogens is 240 g/mol. The minimum Gasteiger partial charge on any atom is -0.481 e. The highest BCUT2D eigenvalue weighted by Gasteiger charge is 2.10. The van der Waals surface area contributed by atoms with Gasteiger partial charge in [-0.25, -0.2) is 0 Å². The van der Waals surface area contributed by atoms with Crippen LogP contribution < -0.4 is 0 Å². The summed E-state index contributed by atoms with van der Waals surface area (Å²) in [7, 11) is 0. The molecule has 1 N–H and O–H groups in total. The second-order valence-electron chi connectivity index (χ2n) is 3.60. The fourth-order valence-corrected chi connectivity index (χ4v) is 2.60. The Kier molecular flexibility index (Phi) is 5.77. The molecular formula is C12H16O2S2. The van der Waals surface area contributed by atoms with Crippen molar-refractivity contribution >= 4 is 29.5 Å². The molecule has 16 heavy (non-hydrogen) atoms. The monoisotopic (exact) mass is 256 g/mol. The molecule has 1 rings (SSSR count). The Morgan fingerprint density at radius 2 is 2.00 bits per heavy atom. The number of rotatable bonds is 6. The molecule has 0 aliphatic rings. The minimum atomic E-state index is -0.717. The van der Waals surface area contributed by atoms with Gasteiger partial charge in [0.25, 0.3) is 0 Å². The van der Waals surface area contributed by atoms with Gasteiger partial charge in [0, 0.05) is 16.4 Å². The predicted molar refractivity (Wildman–Crippen MR) is 71.2 cm³/mol. The van der Waals surface area contributed by atoms with Crippen molar-refractivity contribution in [2.75, 3.05) is 12.0 Å². The molecule has 1 aromatic rings. The van der Waals surface area contributed by atoms with E-state index in [-0.39, 0.29) is 5.92 Å². The van der Waals surface area contributed by atoms with Crippen LogP contribution in [0, 0.1) is 5.92 Å². The molecule has 0 amide bonds. The average molecular weight is 256 g/mol. The van der Waals surface area contributed by atoms with E-state index in [0.717, 1.165) is 5.75 Å². The van der Waals surface area contributed by atoms with Crippen LogP contribution in [0.25, 0.3) is 0 Å². The zero-order valence-corrected chi connectivity index (χ0v) is 11.1. The molecule has 4 heteroatoms. The second kappa shape index (κ2) is 6.86. The van der Waals surface area contributed by atoms with E-state index in [1.54, 1.807) is 30.4 Å². The van der Waals surface area contributed by atoms with Gasteiger partial charge in [-0.05, 0) is 24.0 Å². The zero-order chi connectivity index (χ0) is 12.0. The summed E-state index contributed by atoms with van der Waals surface area (Å²) >= 11 is 3.39. The van der Waals surface area contributed by atoms with Gasteiger partial charge in [0.15, 0.2) is 0 Å². The maximum atomic E-state index is 10.6. The quantitative estimate of drug-likeness (QED) is 0.792. The largest absolute Gasteiger partial charge is 0.481 e. The molecule has 0 aliphatic carbocycles. The van der Waals surface area contributed by atoms with Gasteiger partial charge in [-0.15, -0.1) is 11.8 Å². The number of hydrogen-bond donors (Lipinski definition) is 1. The molecule has 0 heterocycles. The van der Waals surface area contributed by atoms with Crippen LogP contribution in [0.1, 0.15) is 12.5 Å². The molecule has 1 atom stereocenters. The van der Waals surface area contributed by atoms with E-state index in [1.165, 1.54) is 10.5 Å². The van der Waals surface area contributed by atoms with E-state index >= 15 is 0 Å². The molecule has 1 unspecified atom stereocenters. The first-order chi connectivity index (χ1) is 7.63. The summed E-state index contributed by atoms with van der Waals surface area (Å²) in [5, 5.41) is 8.73. The van der Waals surface area contributed by atoms with E-state index in [0.29, 0.717) is 5.75 Å². The summed E-state index contributed by atoms with van der Waals surface area (Å²) in [6.45, 7) is 1.74. The van der Waals surface area contributed by atoms with Gasteiger partial charge in [0.2, 0.25) is 0 Å². The standard InChI is InChI=1S/C12H16O2S2/c1-9(12(13)14)7-16-8-10-3-5-11(15-2)6-4-10/h3-6,9H,7-8H2,1-2H3,(H,13,14). The molecule has 88 valence electrons. The summed E-state index contributed by atoms with van der Waals surface area (Å²) in [4.78, 5) is 11.9. The Hall–Kier alpha value is -0.610. The molecule has 2 nitrogen and oxygen atoms in total. The van der Waals surface area contributed by atoms with Crippen molar-refractivity contribution in [3.05, 3.63) is 29.8 Å². The van der Waals surface area contributed by atoms with Crippen molar-refractivity contribution in [1.82, 2.24) is 0 Å². The van der Waals surface area contributed by atoms with Gasteiger partial charge in [-0.3, -0.25) is 4.79 Å². The first-order valence-corrected chi connectivity index (χ1v) is 7.45. The number of carbonyl (C=O) groups is 1. The van der Waals surface area contributed by atoms with E-state index in [1.807, 2.05) is 0 Å². The van der Waals surface area contributed by atoms with Gasteiger partial charge in [0.1, 0.15) is 0 Å². The van der Waals surface area contributed by atoms with Crippen LogP contribution in [0.3, 0.4) is 0 Å². The number of carboxylic acid groups (broad SMARTS) is 1. The van der Waals surface area contributed by atoms with Crippen LogP contribution in [0.2, 0.25) is 0 Å². The maximum absolute atomic E-state index is 10.6. The highest BCUT2D eigenvalue weighted by molar-refractivity contribution is 7.98. The van der Waals surface area contributed by atoms with Gasteiger partial charge in [-0.2, -0.15) is 11.8 Å². The van der Waals surface area contributed by atoms with E-state index in [2.05, 4.69) is 30.5 Å². The Bertz CT molecular complexity index is 335. The fraction of sp³-hybridized carbons (Fsp3) is 0.417. The smallest absolute Gasteiger partial charge is 0.307 e. The molecule has 0 bridgehead atoms. The molecule has 0 fully saturated rings. The maximum Gasteiger partial charge on any atom is 0.307 e. The Labute approximate surface area is 105 Å². The third kappa shape index (κ3) is 4.49. The van der Waals surface area contributed by atoms with Crippen LogP contribution in [-0.2, 0) is 10.5 Å². The lowest BCUT2D eigenvalue weighted by atomic mass is 10.2. The fourth-order valence-electron chi connectivity index (χ4n) is 1.15. The van der Waals surface area contributed by atoms with Crippen LogP contribution in [0.4, 0.5) is 0 Å². The Morgan fingerprint density at radius 1 is 1.38 bits per heavy atom. The van der Waals surface area contributed by atoms with Crippen LogP contribution >= 0.6 is 23.5 Å². The summed E-state index contributed by atoms with van der Waals surface area (Å²) in [5.74, 6) is 0.562. The SMILES string of the molecule is CSc1ccc(CSCC(C)C(=O)O)cc1. The molecule has 1 aromatic carbocycles. The van der Waals surface area contributed by atoms with Crippen molar-refractivity contribution in [1.29, 1.82) is 0 Å². The zero-order valence-electron chi connectivity index (χ0n) is 9.47. The van der Waals surface area contributed by atoms with E-state index in [9.17, 15) is 4.79 Å². The Balaban J connectivity index is 2.34. The van der Waals surface area contributed by atoms with Crippen LogP contribution in [0.15, 0.2) is 29.2 Å². The van der Waals surface area contributed by atoms with Crippen molar-refractivity contribution in [3.8, 4) is 0 Å². The number of hydrogen-bond acceptors (Lipinski definition) is 3. The normalized spacial score (nSPS) is 12.4. The first-order valence-electron chi connectivity index (χ1n) is 5.07. The van der Waals surface area contributed by atoms with Gasteiger partial charge in [-0.1, -0.05) is 19.1 Å². The molecule has 0 aromatic heterocycles. The van der Waals surface area contributed by atoms with Crippen LogP contribution in [-0.4, -0.2) is 23.1 Å². The highest BCUT2D eigenvalue weighted by Crippen LogP contribution is 2.19. The lowest BCUT2D eigenvalue weighted by molar-refractivity contribution is -0.140. The summed E-state index contributed by atoms with van der Waals surface area (Å²) in [6, 6.07) is 8.40. The van der Waals surface area contributed by atoms with Gasteiger partial charge >= 0.3 is 5.97 Å². The molecule has 0 radical (unpaired) electrons. The van der Waals surface area contributed by atoms with Gasteiger partial charge < -0.3 is 5.11 Å². The number of benzene rings is 1. The lowest BCUT2D eigenvalue weighted by Crippen LogP contribution is -2.11. The molecule has 0 spiro atoms. The highest BCUT2D eigenvalue weighted by atomic mass is 32.2. The average Bonchev–Trinajstić information content (AvgIpc) is 2.29. The van der Waals surface area contributed by atoms with Crippen molar-refractivity contribution in [2.24, 2.45) is 5.92 Å². The number of carboxylic acids is 1. The number of aliphatic carboxylic acids is 1.